The molecule has 0 spiro atoms. The van der Waals surface area contributed by atoms with Gasteiger partial charge in [0.2, 0.25) is 0 Å². The number of ether oxygens (including phenoxy) is 4. The van der Waals surface area contributed by atoms with Gasteiger partial charge in [0.15, 0.2) is 11.8 Å². The van der Waals surface area contributed by atoms with Crippen LogP contribution in [-0.4, -0.2) is 102 Å². The fraction of sp³-hybridized carbons (Fsp3) is 0.395. The number of aliphatic carboxylic acids is 1. The zero-order valence-electron chi connectivity index (χ0n) is 28.6. The zero-order valence-corrected chi connectivity index (χ0v) is 29.3. The molecule has 12 nitrogen and oxygen atoms in total. The summed E-state index contributed by atoms with van der Waals surface area (Å²) < 4.78 is 46.0. The summed E-state index contributed by atoms with van der Waals surface area (Å²) in [4.78, 5) is 13.9. The molecule has 1 saturated heterocycles. The minimum atomic E-state index is -1.55. The van der Waals surface area contributed by atoms with Crippen molar-refractivity contribution in [2.45, 2.75) is 43.8 Å². The number of aliphatic hydroxyl groups excluding tert-OH is 1. The van der Waals surface area contributed by atoms with E-state index in [4.69, 9.17) is 35.2 Å². The van der Waals surface area contributed by atoms with Crippen LogP contribution >= 0.6 is 11.6 Å². The van der Waals surface area contributed by atoms with Crippen LogP contribution in [0.3, 0.4) is 0 Å². The number of benzene rings is 3. The van der Waals surface area contributed by atoms with Gasteiger partial charge in [0, 0.05) is 37.9 Å². The molecule has 52 heavy (non-hydrogen) atoms. The average Bonchev–Trinajstić information content (AvgIpc) is 3.64. The second kappa shape index (κ2) is 17.9. The van der Waals surface area contributed by atoms with E-state index in [9.17, 15) is 15.0 Å². The third-order valence-corrected chi connectivity index (χ3v) is 9.40. The molecule has 4 aromatic rings. The molecule has 276 valence electrons. The van der Waals surface area contributed by atoms with Gasteiger partial charge in [-0.2, -0.15) is 0 Å². The first-order chi connectivity index (χ1) is 25.3. The lowest BCUT2D eigenvalue weighted by molar-refractivity contribution is -0.140. The van der Waals surface area contributed by atoms with Gasteiger partial charge in [-0.25, -0.2) is 9.02 Å². The Kier molecular flexibility index (Phi) is 12.9. The fourth-order valence-electron chi connectivity index (χ4n) is 6.12. The number of carboxylic acid groups (broad SMARTS) is 1. The number of nitrogens with one attached hydrogen (secondary N) is 1. The van der Waals surface area contributed by atoms with Crippen LogP contribution in [0.4, 0.5) is 4.39 Å². The van der Waals surface area contributed by atoms with Crippen LogP contribution in [0, 0.1) is 0 Å². The first-order valence-electron chi connectivity index (χ1n) is 17.2. The van der Waals surface area contributed by atoms with Gasteiger partial charge < -0.3 is 29.2 Å². The molecule has 0 radical (unpaired) electrons. The number of fused-ring (bicyclic) bond motifs is 1. The molecule has 3 atom stereocenters. The van der Waals surface area contributed by atoms with Crippen molar-refractivity contribution in [3.05, 3.63) is 101 Å². The summed E-state index contributed by atoms with van der Waals surface area (Å²) in [6.07, 6.45) is 5.31. The monoisotopic (exact) mass is 736 g/mol. The van der Waals surface area contributed by atoms with E-state index in [2.05, 4.69) is 20.5 Å². The average molecular weight is 737 g/mol. The molecule has 3 aromatic carbocycles. The van der Waals surface area contributed by atoms with Gasteiger partial charge in [-0.05, 0) is 70.7 Å². The van der Waals surface area contributed by atoms with Crippen LogP contribution in [0.1, 0.15) is 29.5 Å². The Balaban J connectivity index is 1.21. The normalized spacial score (nSPS) is 19.8. The van der Waals surface area contributed by atoms with Gasteiger partial charge in [0.05, 0.1) is 24.8 Å². The number of allylic oxidation sites excluding steroid dienone is 2. The van der Waals surface area contributed by atoms with Gasteiger partial charge in [0.25, 0.3) is 0 Å². The van der Waals surface area contributed by atoms with Crippen molar-refractivity contribution >= 4 is 34.2 Å². The van der Waals surface area contributed by atoms with Crippen molar-refractivity contribution < 1.29 is 43.0 Å². The summed E-state index contributed by atoms with van der Waals surface area (Å²) in [5.74, 6) is -0.645. The van der Waals surface area contributed by atoms with E-state index < -0.39 is 30.4 Å². The number of rotatable bonds is 18. The largest absolute Gasteiger partial charge is 0.488 e. The van der Waals surface area contributed by atoms with Crippen LogP contribution in [0.25, 0.3) is 16.6 Å². The molecule has 1 aromatic heterocycles. The smallest absolute Gasteiger partial charge is 0.323 e. The van der Waals surface area contributed by atoms with Crippen molar-refractivity contribution in [3.63, 3.8) is 0 Å². The van der Waals surface area contributed by atoms with Gasteiger partial charge in [0.1, 0.15) is 41.8 Å². The number of aromatic nitrogens is 2. The first kappa shape index (κ1) is 37.4. The van der Waals surface area contributed by atoms with Crippen LogP contribution in [-0.2, 0) is 27.4 Å². The van der Waals surface area contributed by atoms with E-state index >= 15 is 4.39 Å². The topological polar surface area (TPSA) is 149 Å². The third kappa shape index (κ3) is 9.34. The van der Waals surface area contributed by atoms with E-state index in [0.29, 0.717) is 34.5 Å². The maximum atomic E-state index is 16.8. The Morgan fingerprint density at radius 3 is 2.65 bits per heavy atom. The van der Waals surface area contributed by atoms with Gasteiger partial charge >= 0.3 is 5.97 Å². The first-order valence-corrected chi connectivity index (χ1v) is 17.6. The predicted molar refractivity (Wildman–Crippen MR) is 192 cm³/mol. The predicted octanol–water partition coefficient (Wildman–Crippen LogP) is 5.23. The summed E-state index contributed by atoms with van der Waals surface area (Å²) in [7, 11) is 0. The van der Waals surface area contributed by atoms with E-state index in [1.807, 2.05) is 36.4 Å². The molecule has 0 amide bonds. The van der Waals surface area contributed by atoms with Crippen molar-refractivity contribution in [2.75, 3.05) is 52.7 Å². The molecule has 3 N–H and O–H groups in total. The van der Waals surface area contributed by atoms with Gasteiger partial charge in [-0.1, -0.05) is 60.2 Å². The highest BCUT2D eigenvalue weighted by molar-refractivity contribution is 6.32. The molecular weight excluding hydrogens is 695 g/mol. The Morgan fingerprint density at radius 2 is 1.87 bits per heavy atom. The summed E-state index contributed by atoms with van der Waals surface area (Å²) in [6, 6.07) is 16.7. The van der Waals surface area contributed by atoms with Crippen LogP contribution < -0.4 is 14.8 Å². The number of hydrogen-bond acceptors (Lipinski definition) is 11. The second-order valence-electron chi connectivity index (χ2n) is 12.7. The number of morpholine rings is 1. The van der Waals surface area contributed by atoms with E-state index in [-0.39, 0.29) is 30.5 Å². The lowest BCUT2D eigenvalue weighted by Gasteiger charge is -2.37. The highest BCUT2D eigenvalue weighted by Crippen LogP contribution is 2.39. The molecule has 2 heterocycles. The van der Waals surface area contributed by atoms with Crippen LogP contribution in [0.2, 0.25) is 5.02 Å². The van der Waals surface area contributed by atoms with Crippen molar-refractivity contribution in [2.24, 2.45) is 0 Å². The molecule has 3 unspecified atom stereocenters. The lowest BCUT2D eigenvalue weighted by Crippen LogP contribution is -2.48. The van der Waals surface area contributed by atoms with Gasteiger partial charge in [-0.3, -0.25) is 15.0 Å². The number of unbranched alkanes of at least 4 members (excludes halogenated alkanes) is 1. The standard InChI is InChI=1S/C38H42ClFN4O8/c39-30-20-28(22-41-33(23-45)37(46)47)34(49-24-26-10-11-31-32(19-26)43-52-42-31)21-35(30)50-25-38(51-16-5-4-13-44-14-17-48-18-15-44)12-6-9-29(36(38)40)27-7-2-1-3-8-27/h1-3,6-12,19-21,33,36,41,45H,4-5,13-18,22-25H2,(H,46,47). The minimum Gasteiger partial charge on any atom is -0.488 e. The Morgan fingerprint density at radius 1 is 1.06 bits per heavy atom. The number of carboxylic acids is 1. The summed E-state index contributed by atoms with van der Waals surface area (Å²) in [6.45, 7) is 3.79. The highest BCUT2D eigenvalue weighted by Gasteiger charge is 2.43. The van der Waals surface area contributed by atoms with Crippen molar-refractivity contribution in [1.29, 1.82) is 0 Å². The molecule has 0 bridgehead atoms. The summed E-state index contributed by atoms with van der Waals surface area (Å²) in [5.41, 5.74) is 2.21. The fourth-order valence-corrected chi connectivity index (χ4v) is 6.36. The molecule has 14 heteroatoms. The number of aliphatic hydroxyl groups is 1. The maximum Gasteiger partial charge on any atom is 0.323 e. The third-order valence-electron chi connectivity index (χ3n) is 9.11. The quantitative estimate of drug-likeness (QED) is 0.115. The van der Waals surface area contributed by atoms with E-state index in [1.54, 1.807) is 42.5 Å². The van der Waals surface area contributed by atoms with Crippen molar-refractivity contribution in [3.8, 4) is 11.5 Å². The number of nitrogens with zero attached hydrogens (tertiary/aromatic N) is 3. The van der Waals surface area contributed by atoms with Crippen LogP contribution in [0.5, 0.6) is 11.5 Å². The SMILES string of the molecule is O=C(O)C(CO)NCc1cc(Cl)c(OCC2(OCCCCN3CCOCC3)C=CC=C(c3ccccc3)C2F)cc1OCc1ccc2nonc2c1. The summed E-state index contributed by atoms with van der Waals surface area (Å²) in [5, 5.41) is 29.7. The lowest BCUT2D eigenvalue weighted by atomic mass is 9.84. The second-order valence-corrected chi connectivity index (χ2v) is 13.1. The highest BCUT2D eigenvalue weighted by atomic mass is 35.5. The molecular formula is C38H42ClFN4O8. The molecule has 1 aliphatic carbocycles. The van der Waals surface area contributed by atoms with Crippen LogP contribution in [0.15, 0.2) is 83.5 Å². The number of halogens is 2. The Bertz CT molecular complexity index is 1850. The Hall–Kier alpha value is -4.37. The zero-order chi connectivity index (χ0) is 36.3. The maximum absolute atomic E-state index is 16.8. The molecule has 1 fully saturated rings. The molecule has 0 saturated carbocycles. The molecule has 1 aliphatic heterocycles. The number of alkyl halides is 1. The van der Waals surface area contributed by atoms with E-state index in [0.717, 1.165) is 56.8 Å². The summed E-state index contributed by atoms with van der Waals surface area (Å²) >= 11 is 6.75. The minimum absolute atomic E-state index is 0.0110. The Labute approximate surface area is 305 Å². The number of hydrogen-bond donors (Lipinski definition) is 3. The number of carbonyl (C=O) groups is 1. The van der Waals surface area contributed by atoms with Crippen molar-refractivity contribution in [1.82, 2.24) is 20.5 Å². The molecule has 6 rings (SSSR count). The molecule has 2 aliphatic rings. The van der Waals surface area contributed by atoms with Gasteiger partial charge in [-0.15, -0.1) is 0 Å². The van der Waals surface area contributed by atoms with E-state index in [1.165, 1.54) is 0 Å².